The third-order valence-corrected chi connectivity index (χ3v) is 4.27. The van der Waals surface area contributed by atoms with Crippen LogP contribution in [0.3, 0.4) is 0 Å². The minimum atomic E-state index is 0.403. The zero-order chi connectivity index (χ0) is 19.3. The predicted molar refractivity (Wildman–Crippen MR) is 107 cm³/mol. The molecule has 2 aromatic heterocycles. The molecule has 0 amide bonds. The monoisotopic (exact) mass is 370 g/mol. The Morgan fingerprint density at radius 1 is 0.929 bits per heavy atom. The van der Waals surface area contributed by atoms with Gasteiger partial charge < -0.3 is 14.3 Å². The molecule has 0 aliphatic carbocycles. The Morgan fingerprint density at radius 3 is 2.64 bits per heavy atom. The van der Waals surface area contributed by atoms with Crippen molar-refractivity contribution in [3.8, 4) is 23.3 Å². The van der Waals surface area contributed by atoms with E-state index in [2.05, 4.69) is 9.97 Å². The van der Waals surface area contributed by atoms with Crippen molar-refractivity contribution in [2.24, 2.45) is 0 Å². The molecule has 2 heterocycles. The van der Waals surface area contributed by atoms with E-state index in [-0.39, 0.29) is 0 Å². The van der Waals surface area contributed by atoms with Gasteiger partial charge in [-0.15, -0.1) is 0 Å². The molecule has 0 saturated carbocycles. The second-order valence-corrected chi connectivity index (χ2v) is 6.35. The Balaban J connectivity index is 1.52. The first kappa shape index (κ1) is 17.7. The molecule has 5 heteroatoms. The van der Waals surface area contributed by atoms with Crippen LogP contribution in [0, 0.1) is 6.92 Å². The van der Waals surface area contributed by atoms with Crippen molar-refractivity contribution in [1.82, 2.24) is 9.97 Å². The van der Waals surface area contributed by atoms with Crippen LogP contribution in [0.2, 0.25) is 0 Å². The summed E-state index contributed by atoms with van der Waals surface area (Å²) in [7, 11) is 0. The highest BCUT2D eigenvalue weighted by atomic mass is 16.5. The molecule has 4 aromatic rings. The molecule has 0 bridgehead atoms. The maximum Gasteiger partial charge on any atom is 0.219 e. The molecule has 0 N–H and O–H groups in total. The number of carbonyl (C=O) groups excluding carboxylic acids is 1. The van der Waals surface area contributed by atoms with Gasteiger partial charge in [-0.1, -0.05) is 12.1 Å². The first-order chi connectivity index (χ1) is 13.7. The Bertz CT molecular complexity index is 1130. The largest absolute Gasteiger partial charge is 0.439 e. The van der Waals surface area contributed by atoms with E-state index in [0.29, 0.717) is 23.9 Å². The molecule has 0 atom stereocenters. The highest BCUT2D eigenvalue weighted by Crippen LogP contribution is 2.30. The smallest absolute Gasteiger partial charge is 0.219 e. The minimum absolute atomic E-state index is 0.403. The lowest BCUT2D eigenvalue weighted by Gasteiger charge is -2.11. The second-order valence-electron chi connectivity index (χ2n) is 6.35. The number of aldehydes is 1. The molecule has 0 radical (unpaired) electrons. The third-order valence-electron chi connectivity index (χ3n) is 4.27. The van der Waals surface area contributed by atoms with E-state index in [9.17, 15) is 4.79 Å². The molecule has 4 rings (SSSR count). The summed E-state index contributed by atoms with van der Waals surface area (Å²) in [5, 5.41) is 0.974. The van der Waals surface area contributed by atoms with E-state index >= 15 is 0 Å². The number of nitrogens with zero attached hydrogens (tertiary/aromatic N) is 2. The van der Waals surface area contributed by atoms with E-state index in [0.717, 1.165) is 34.1 Å². The van der Waals surface area contributed by atoms with Gasteiger partial charge in [0, 0.05) is 30.1 Å². The zero-order valence-corrected chi connectivity index (χ0v) is 15.3. The van der Waals surface area contributed by atoms with Crippen LogP contribution < -0.4 is 9.47 Å². The number of aryl methyl sites for hydroxylation is 1. The predicted octanol–water partition coefficient (Wildman–Crippen LogP) is 5.26. The molecule has 0 fully saturated rings. The summed E-state index contributed by atoms with van der Waals surface area (Å²) in [6.45, 7) is 1.95. The van der Waals surface area contributed by atoms with Gasteiger partial charge in [0.2, 0.25) is 11.8 Å². The van der Waals surface area contributed by atoms with E-state index in [1.165, 1.54) is 0 Å². The van der Waals surface area contributed by atoms with Gasteiger partial charge in [0.05, 0.1) is 5.52 Å². The molecule has 5 nitrogen and oxygen atoms in total. The number of pyridine rings is 2. The quantitative estimate of drug-likeness (QED) is 0.433. The van der Waals surface area contributed by atoms with E-state index in [4.69, 9.17) is 9.47 Å². The van der Waals surface area contributed by atoms with Gasteiger partial charge in [0.25, 0.3) is 0 Å². The molecule has 0 unspecified atom stereocenters. The van der Waals surface area contributed by atoms with Crippen LogP contribution in [-0.2, 0) is 11.2 Å². The van der Waals surface area contributed by atoms with Crippen molar-refractivity contribution in [3.05, 3.63) is 84.1 Å². The van der Waals surface area contributed by atoms with E-state index < -0.39 is 0 Å². The summed E-state index contributed by atoms with van der Waals surface area (Å²) in [6.07, 6.45) is 2.99. The number of aromatic nitrogens is 2. The van der Waals surface area contributed by atoms with Gasteiger partial charge in [0.1, 0.15) is 17.8 Å². The topological polar surface area (TPSA) is 61.3 Å². The maximum atomic E-state index is 10.7. The van der Waals surface area contributed by atoms with Gasteiger partial charge in [-0.05, 0) is 60.5 Å². The summed E-state index contributed by atoms with van der Waals surface area (Å²) in [5.74, 6) is 2.45. The van der Waals surface area contributed by atoms with Crippen LogP contribution >= 0.6 is 0 Å². The Morgan fingerprint density at radius 2 is 1.86 bits per heavy atom. The van der Waals surface area contributed by atoms with Crippen LogP contribution in [-0.4, -0.2) is 16.3 Å². The van der Waals surface area contributed by atoms with Crippen LogP contribution in [0.5, 0.6) is 23.3 Å². The van der Waals surface area contributed by atoms with E-state index in [1.54, 1.807) is 6.20 Å². The molecule has 0 aliphatic heterocycles. The number of benzene rings is 2. The highest BCUT2D eigenvalue weighted by Gasteiger charge is 2.07. The van der Waals surface area contributed by atoms with Crippen molar-refractivity contribution < 1.29 is 14.3 Å². The van der Waals surface area contributed by atoms with Gasteiger partial charge >= 0.3 is 0 Å². The summed E-state index contributed by atoms with van der Waals surface area (Å²) in [4.78, 5) is 19.4. The van der Waals surface area contributed by atoms with Crippen molar-refractivity contribution in [1.29, 1.82) is 0 Å². The molecule has 138 valence electrons. The molecule has 2 aromatic carbocycles. The number of hydrogen-bond acceptors (Lipinski definition) is 5. The fraction of sp³-hybridized carbons (Fsp3) is 0.0870. The molecule has 0 spiro atoms. The number of ether oxygens (including phenoxy) is 2. The number of rotatable bonds is 6. The van der Waals surface area contributed by atoms with Crippen molar-refractivity contribution in [2.75, 3.05) is 0 Å². The average molecular weight is 370 g/mol. The third kappa shape index (κ3) is 3.99. The lowest BCUT2D eigenvalue weighted by atomic mass is 10.1. The highest BCUT2D eigenvalue weighted by molar-refractivity contribution is 5.80. The first-order valence-corrected chi connectivity index (χ1v) is 8.92. The fourth-order valence-electron chi connectivity index (χ4n) is 2.88. The Kier molecular flexibility index (Phi) is 4.97. The minimum Gasteiger partial charge on any atom is -0.439 e. The first-order valence-electron chi connectivity index (χ1n) is 8.92. The fourth-order valence-corrected chi connectivity index (χ4v) is 2.88. The van der Waals surface area contributed by atoms with Gasteiger partial charge in [0.15, 0.2) is 0 Å². The van der Waals surface area contributed by atoms with Gasteiger partial charge in [-0.2, -0.15) is 0 Å². The zero-order valence-electron chi connectivity index (χ0n) is 15.3. The average Bonchev–Trinajstić information content (AvgIpc) is 2.71. The van der Waals surface area contributed by atoms with Crippen LogP contribution in [0.25, 0.3) is 10.9 Å². The van der Waals surface area contributed by atoms with Crippen LogP contribution in [0.15, 0.2) is 72.9 Å². The van der Waals surface area contributed by atoms with Crippen molar-refractivity contribution >= 4 is 17.2 Å². The second kappa shape index (κ2) is 7.88. The Labute approximate surface area is 162 Å². The maximum absolute atomic E-state index is 10.7. The normalized spacial score (nSPS) is 10.6. The molecule has 28 heavy (non-hydrogen) atoms. The molecular weight excluding hydrogens is 352 g/mol. The molecule has 0 aliphatic rings. The summed E-state index contributed by atoms with van der Waals surface area (Å²) < 4.78 is 11.7. The molecular formula is C23H18N2O3. The van der Waals surface area contributed by atoms with Crippen molar-refractivity contribution in [3.63, 3.8) is 0 Å². The lowest BCUT2D eigenvalue weighted by molar-refractivity contribution is -0.107. The van der Waals surface area contributed by atoms with E-state index in [1.807, 2.05) is 73.7 Å². The van der Waals surface area contributed by atoms with Crippen LogP contribution in [0.4, 0.5) is 0 Å². The van der Waals surface area contributed by atoms with Crippen molar-refractivity contribution in [2.45, 2.75) is 13.3 Å². The summed E-state index contributed by atoms with van der Waals surface area (Å²) >= 11 is 0. The number of carbonyl (C=O) groups is 1. The van der Waals surface area contributed by atoms with Gasteiger partial charge in [-0.25, -0.2) is 9.97 Å². The summed E-state index contributed by atoms with van der Waals surface area (Å²) in [5.41, 5.74) is 2.72. The van der Waals surface area contributed by atoms with Crippen LogP contribution in [0.1, 0.15) is 11.1 Å². The lowest BCUT2D eigenvalue weighted by Crippen LogP contribution is -1.93. The SMILES string of the molecule is Cc1cc(Oc2ccc3cc(CC=O)ccc3n2)ccc1Oc1ccccn1. The molecule has 0 saturated heterocycles. The standard InChI is InChI=1S/C23H18N2O3/c1-16-14-19(7-9-21(16)28-22-4-2-3-12-24-22)27-23-10-6-18-15-17(11-13-26)5-8-20(18)25-23/h2-10,12-15H,11H2,1H3. The Hall–Kier alpha value is -3.73. The van der Waals surface area contributed by atoms with Gasteiger partial charge in [-0.3, -0.25) is 0 Å². The number of hydrogen-bond donors (Lipinski definition) is 0. The summed E-state index contributed by atoms with van der Waals surface area (Å²) in [6, 6.07) is 20.7. The number of fused-ring (bicyclic) bond motifs is 1.